The highest BCUT2D eigenvalue weighted by atomic mass is 35.5. The van der Waals surface area contributed by atoms with Crippen molar-refractivity contribution in [2.24, 2.45) is 4.99 Å². The Balaban J connectivity index is 1.67. The van der Waals surface area contributed by atoms with Gasteiger partial charge in [0.2, 0.25) is 5.91 Å². The fourth-order valence-corrected chi connectivity index (χ4v) is 6.27. The van der Waals surface area contributed by atoms with E-state index in [4.69, 9.17) is 21.6 Å². The van der Waals surface area contributed by atoms with Crippen LogP contribution in [-0.4, -0.2) is 58.4 Å². The number of nitrogens with zero attached hydrogens (tertiary/aromatic N) is 5. The summed E-state index contributed by atoms with van der Waals surface area (Å²) in [7, 11) is 0. The van der Waals surface area contributed by atoms with Crippen LogP contribution in [0.2, 0.25) is 5.02 Å². The second-order valence-electron chi connectivity index (χ2n) is 12.1. The van der Waals surface area contributed by atoms with Gasteiger partial charge in [-0.2, -0.15) is 0 Å². The van der Waals surface area contributed by atoms with Crippen molar-refractivity contribution in [1.82, 2.24) is 14.8 Å². The number of aryl methyl sites for hydroxylation is 1. The largest absolute Gasteiger partial charge is 0.350 e. The van der Waals surface area contributed by atoms with Crippen molar-refractivity contribution in [3.8, 4) is 11.3 Å². The molecule has 2 aliphatic heterocycles. The van der Waals surface area contributed by atoms with E-state index in [9.17, 15) is 4.79 Å². The number of halogens is 1. The van der Waals surface area contributed by atoms with E-state index in [0.717, 1.165) is 40.6 Å². The molecule has 0 spiro atoms. The summed E-state index contributed by atoms with van der Waals surface area (Å²) in [6, 6.07) is 19.0. The van der Waals surface area contributed by atoms with Crippen LogP contribution >= 0.6 is 11.6 Å². The highest BCUT2D eigenvalue weighted by molar-refractivity contribution is 6.33. The number of carbonyl (C=O) groups excluding carboxylic acids is 1. The monoisotopic (exact) mass is 569 g/mol. The number of amides is 1. The van der Waals surface area contributed by atoms with Crippen LogP contribution in [0.4, 0.5) is 11.5 Å². The number of fused-ring (bicyclic) bond motifs is 1. The zero-order chi connectivity index (χ0) is 29.5. The fourth-order valence-electron chi connectivity index (χ4n) is 6.01. The number of para-hydroxylation sites is 1. The van der Waals surface area contributed by atoms with Gasteiger partial charge in [-0.25, -0.2) is 9.98 Å². The molecule has 0 aliphatic carbocycles. The topological polar surface area (TPSA) is 52.0 Å². The maximum atomic E-state index is 12.5. The Labute approximate surface area is 249 Å². The van der Waals surface area contributed by atoms with E-state index in [0.29, 0.717) is 24.8 Å². The lowest BCUT2D eigenvalue weighted by Gasteiger charge is -2.46. The molecule has 0 saturated carbocycles. The minimum absolute atomic E-state index is 0.0154. The first-order chi connectivity index (χ1) is 19.5. The molecule has 1 saturated heterocycles. The Hall–Kier alpha value is -3.64. The van der Waals surface area contributed by atoms with E-state index in [1.54, 1.807) is 0 Å². The fraction of sp³-hybridized carbons (Fsp3) is 0.382. The third-order valence-corrected chi connectivity index (χ3v) is 8.47. The van der Waals surface area contributed by atoms with E-state index >= 15 is 0 Å². The van der Waals surface area contributed by atoms with Crippen LogP contribution < -0.4 is 4.90 Å². The molecule has 1 fully saturated rings. The number of hydrogen-bond donors (Lipinski definition) is 0. The van der Waals surface area contributed by atoms with E-state index in [2.05, 4.69) is 100 Å². The average Bonchev–Trinajstić information content (AvgIpc) is 2.96. The van der Waals surface area contributed by atoms with E-state index in [-0.39, 0.29) is 23.4 Å². The minimum atomic E-state index is -0.0667. The quantitative estimate of drug-likeness (QED) is 0.311. The lowest BCUT2D eigenvalue weighted by Crippen LogP contribution is -2.59. The van der Waals surface area contributed by atoms with Crippen molar-refractivity contribution in [3.05, 3.63) is 89.0 Å². The molecule has 0 N–H and O–H groups in total. The maximum Gasteiger partial charge on any atom is 0.246 e. The molecular formula is C34H40ClN5O. The molecule has 0 bridgehead atoms. The zero-order valence-corrected chi connectivity index (χ0v) is 25.7. The van der Waals surface area contributed by atoms with E-state index in [1.807, 2.05) is 17.0 Å². The number of piperazine rings is 1. The molecule has 5 rings (SSSR count). The summed E-state index contributed by atoms with van der Waals surface area (Å²) in [6.07, 6.45) is 2.29. The van der Waals surface area contributed by atoms with Gasteiger partial charge in [-0.3, -0.25) is 4.79 Å². The summed E-state index contributed by atoms with van der Waals surface area (Å²) < 4.78 is 0. The molecular weight excluding hydrogens is 530 g/mol. The molecule has 7 heteroatoms. The number of aromatic nitrogens is 1. The summed E-state index contributed by atoms with van der Waals surface area (Å²) in [5.41, 5.74) is 6.21. The maximum absolute atomic E-state index is 12.5. The molecule has 6 nitrogen and oxygen atoms in total. The minimum Gasteiger partial charge on any atom is -0.350 e. The van der Waals surface area contributed by atoms with Crippen molar-refractivity contribution >= 4 is 34.8 Å². The third-order valence-electron chi connectivity index (χ3n) is 8.19. The van der Waals surface area contributed by atoms with Crippen molar-refractivity contribution < 1.29 is 4.79 Å². The first-order valence-corrected chi connectivity index (χ1v) is 14.8. The SMILES string of the molecule is C=CC(=O)N1C[C@H](C)N(C2=NCN(c3ccccc3C(C)(C)C)c3nc(-c4ccccc4CC)c(Cl)cc32)C[C@H]1C. The van der Waals surface area contributed by atoms with Gasteiger partial charge in [0, 0.05) is 36.4 Å². The summed E-state index contributed by atoms with van der Waals surface area (Å²) >= 11 is 7.06. The number of benzene rings is 2. The molecule has 0 radical (unpaired) electrons. The van der Waals surface area contributed by atoms with Gasteiger partial charge in [-0.05, 0) is 55.0 Å². The molecule has 2 aliphatic rings. The highest BCUT2D eigenvalue weighted by Crippen LogP contribution is 2.41. The molecule has 3 heterocycles. The molecule has 1 aromatic heterocycles. The van der Waals surface area contributed by atoms with Crippen LogP contribution in [0.3, 0.4) is 0 Å². The summed E-state index contributed by atoms with van der Waals surface area (Å²) in [6.45, 7) is 18.5. The smallest absolute Gasteiger partial charge is 0.246 e. The predicted octanol–water partition coefficient (Wildman–Crippen LogP) is 7.22. The van der Waals surface area contributed by atoms with Crippen LogP contribution in [-0.2, 0) is 16.6 Å². The number of hydrogen-bond acceptors (Lipinski definition) is 5. The molecule has 1 amide bonds. The summed E-state index contributed by atoms with van der Waals surface area (Å²) in [4.78, 5) is 29.4. The van der Waals surface area contributed by atoms with Gasteiger partial charge >= 0.3 is 0 Å². The van der Waals surface area contributed by atoms with Crippen LogP contribution in [0, 0.1) is 0 Å². The second kappa shape index (κ2) is 11.3. The van der Waals surface area contributed by atoms with Gasteiger partial charge in [0.15, 0.2) is 0 Å². The lowest BCUT2D eigenvalue weighted by molar-refractivity contribution is -0.130. The van der Waals surface area contributed by atoms with Gasteiger partial charge in [-0.1, -0.05) is 88.3 Å². The second-order valence-corrected chi connectivity index (χ2v) is 12.5. The number of anilines is 2. The van der Waals surface area contributed by atoms with E-state index < -0.39 is 0 Å². The van der Waals surface area contributed by atoms with Crippen LogP contribution in [0.5, 0.6) is 0 Å². The first kappa shape index (κ1) is 28.9. The highest BCUT2D eigenvalue weighted by Gasteiger charge is 2.37. The average molecular weight is 570 g/mol. The van der Waals surface area contributed by atoms with Crippen LogP contribution in [0.15, 0.2) is 72.2 Å². The Morgan fingerprint density at radius 3 is 2.46 bits per heavy atom. The number of amidine groups is 1. The lowest BCUT2D eigenvalue weighted by atomic mass is 9.85. The number of rotatable bonds is 4. The van der Waals surface area contributed by atoms with Gasteiger partial charge < -0.3 is 14.7 Å². The Bertz CT molecular complexity index is 1510. The Morgan fingerprint density at radius 2 is 1.76 bits per heavy atom. The van der Waals surface area contributed by atoms with Crippen molar-refractivity contribution in [2.45, 2.75) is 65.5 Å². The van der Waals surface area contributed by atoms with Crippen molar-refractivity contribution in [3.63, 3.8) is 0 Å². The Morgan fingerprint density at radius 1 is 1.05 bits per heavy atom. The van der Waals surface area contributed by atoms with E-state index in [1.165, 1.54) is 17.2 Å². The van der Waals surface area contributed by atoms with Crippen molar-refractivity contribution in [2.75, 3.05) is 24.7 Å². The molecule has 41 heavy (non-hydrogen) atoms. The number of carbonyl (C=O) groups is 1. The third kappa shape index (κ3) is 5.38. The van der Waals surface area contributed by atoms with Gasteiger partial charge in [-0.15, -0.1) is 0 Å². The van der Waals surface area contributed by atoms with Crippen molar-refractivity contribution in [1.29, 1.82) is 0 Å². The molecule has 214 valence electrons. The van der Waals surface area contributed by atoms with Crippen LogP contribution in [0.25, 0.3) is 11.3 Å². The predicted molar refractivity (Wildman–Crippen MR) is 170 cm³/mol. The standard InChI is InChI=1S/C34H40ClN5O/c1-8-24-14-10-11-15-25(24)31-28(35)18-26-32(39-20-22(3)38(19-23(39)4)30(41)9-2)36-21-40(33(26)37-31)29-17-13-12-16-27(29)34(5,6)7/h9-18,22-23H,2,8,19-21H2,1,3-7H3/t22-,23+/m1/s1. The van der Waals surface area contributed by atoms with Gasteiger partial charge in [0.05, 0.1) is 16.3 Å². The molecule has 2 atom stereocenters. The summed E-state index contributed by atoms with van der Waals surface area (Å²) in [5.74, 6) is 1.68. The first-order valence-electron chi connectivity index (χ1n) is 14.5. The van der Waals surface area contributed by atoms with Gasteiger partial charge in [0.25, 0.3) is 0 Å². The number of pyridine rings is 1. The molecule has 3 aromatic rings. The normalized spacial score (nSPS) is 19.1. The molecule has 0 unspecified atom stereocenters. The van der Waals surface area contributed by atoms with Crippen LogP contribution in [0.1, 0.15) is 58.2 Å². The Kier molecular flexibility index (Phi) is 7.97. The number of aliphatic imine (C=N–C) groups is 1. The summed E-state index contributed by atoms with van der Waals surface area (Å²) in [5, 5.41) is 0.601. The van der Waals surface area contributed by atoms with Gasteiger partial charge in [0.1, 0.15) is 18.3 Å². The molecule has 2 aromatic carbocycles. The zero-order valence-electron chi connectivity index (χ0n) is 25.0.